The number of anilines is 1. The number of imidazole rings is 1. The molecule has 0 atom stereocenters. The number of aromatic nitrogens is 3. The van der Waals surface area contributed by atoms with Crippen molar-refractivity contribution in [3.05, 3.63) is 59.2 Å². The van der Waals surface area contributed by atoms with Crippen molar-refractivity contribution in [3.63, 3.8) is 0 Å². The molecule has 0 aliphatic carbocycles. The fourth-order valence-electron chi connectivity index (χ4n) is 2.03. The van der Waals surface area contributed by atoms with Crippen molar-refractivity contribution in [2.75, 3.05) is 18.4 Å². The first-order chi connectivity index (χ1) is 10.7. The molecule has 0 aliphatic rings. The van der Waals surface area contributed by atoms with Gasteiger partial charge in [0.2, 0.25) is 0 Å². The second kappa shape index (κ2) is 6.57. The molecule has 2 N–H and O–H groups in total. The van der Waals surface area contributed by atoms with Crippen molar-refractivity contribution < 1.29 is 4.79 Å². The maximum atomic E-state index is 12.1. The van der Waals surface area contributed by atoms with E-state index in [0.717, 1.165) is 15.9 Å². The van der Waals surface area contributed by atoms with Crippen LogP contribution in [0.5, 0.6) is 0 Å². The summed E-state index contributed by atoms with van der Waals surface area (Å²) in [6.07, 6.45) is 5.15. The monoisotopic (exact) mass is 359 g/mol. The second-order valence-electron chi connectivity index (χ2n) is 4.62. The fraction of sp³-hybridized carbons (Fsp3) is 0.133. The Morgan fingerprint density at radius 3 is 2.77 bits per heavy atom. The van der Waals surface area contributed by atoms with Crippen molar-refractivity contribution in [1.82, 2.24) is 19.7 Å². The van der Waals surface area contributed by atoms with Gasteiger partial charge >= 0.3 is 0 Å². The van der Waals surface area contributed by atoms with Crippen molar-refractivity contribution >= 4 is 33.2 Å². The van der Waals surface area contributed by atoms with Crippen LogP contribution in [0, 0.1) is 0 Å². The third kappa shape index (κ3) is 3.25. The summed E-state index contributed by atoms with van der Waals surface area (Å²) in [6, 6.07) is 9.39. The molecule has 0 spiro atoms. The van der Waals surface area contributed by atoms with Crippen LogP contribution < -0.4 is 10.6 Å². The Labute approximate surface area is 135 Å². The Balaban J connectivity index is 1.56. The van der Waals surface area contributed by atoms with E-state index >= 15 is 0 Å². The number of hydrogen-bond acceptors (Lipinski definition) is 4. The van der Waals surface area contributed by atoms with Crippen LogP contribution in [0.1, 0.15) is 10.5 Å². The van der Waals surface area contributed by atoms with E-state index in [1.54, 1.807) is 18.6 Å². The highest BCUT2D eigenvalue weighted by atomic mass is 79.9. The van der Waals surface area contributed by atoms with Crippen molar-refractivity contribution in [2.24, 2.45) is 0 Å². The molecule has 7 heteroatoms. The molecule has 0 bridgehead atoms. The van der Waals surface area contributed by atoms with E-state index in [2.05, 4.69) is 36.5 Å². The minimum absolute atomic E-state index is 0.188. The normalized spacial score (nSPS) is 10.6. The minimum atomic E-state index is -0.188. The zero-order valence-electron chi connectivity index (χ0n) is 11.7. The summed E-state index contributed by atoms with van der Waals surface area (Å²) in [6.45, 7) is 1.14. The highest BCUT2D eigenvalue weighted by molar-refractivity contribution is 9.10. The fourth-order valence-corrected chi connectivity index (χ4v) is 2.47. The van der Waals surface area contributed by atoms with Gasteiger partial charge < -0.3 is 10.6 Å². The number of rotatable bonds is 5. The molecule has 112 valence electrons. The van der Waals surface area contributed by atoms with Crippen LogP contribution in [0.4, 0.5) is 5.69 Å². The molecule has 0 radical (unpaired) electrons. The van der Waals surface area contributed by atoms with E-state index in [-0.39, 0.29) is 5.91 Å². The van der Waals surface area contributed by atoms with Gasteiger partial charge in [0.1, 0.15) is 11.3 Å². The summed E-state index contributed by atoms with van der Waals surface area (Å²) in [5, 5.41) is 6.04. The summed E-state index contributed by atoms with van der Waals surface area (Å²) >= 11 is 3.43. The SMILES string of the molecule is O=C(NCCNc1ccncc1)c1cn2c(Br)cccc2n1. The van der Waals surface area contributed by atoms with Gasteiger partial charge in [0.15, 0.2) is 0 Å². The lowest BCUT2D eigenvalue weighted by Crippen LogP contribution is -2.29. The van der Waals surface area contributed by atoms with Gasteiger partial charge in [-0.3, -0.25) is 14.2 Å². The molecule has 0 unspecified atom stereocenters. The average molecular weight is 360 g/mol. The van der Waals surface area contributed by atoms with Crippen LogP contribution in [0.3, 0.4) is 0 Å². The van der Waals surface area contributed by atoms with E-state index in [4.69, 9.17) is 0 Å². The molecule has 3 aromatic rings. The predicted molar refractivity (Wildman–Crippen MR) is 88.0 cm³/mol. The zero-order valence-corrected chi connectivity index (χ0v) is 13.2. The number of carbonyl (C=O) groups excluding carboxylic acids is 1. The predicted octanol–water partition coefficient (Wildman–Crippen LogP) is 2.33. The van der Waals surface area contributed by atoms with Gasteiger partial charge in [0.05, 0.1) is 4.60 Å². The molecule has 0 fully saturated rings. The first-order valence-electron chi connectivity index (χ1n) is 6.80. The quantitative estimate of drug-likeness (QED) is 0.541. The topological polar surface area (TPSA) is 71.3 Å². The highest BCUT2D eigenvalue weighted by Gasteiger charge is 2.10. The minimum Gasteiger partial charge on any atom is -0.383 e. The number of nitrogens with zero attached hydrogens (tertiary/aromatic N) is 3. The van der Waals surface area contributed by atoms with Gasteiger partial charge in [0.25, 0.3) is 5.91 Å². The Hall–Kier alpha value is -2.41. The van der Waals surface area contributed by atoms with E-state index in [9.17, 15) is 4.79 Å². The molecule has 0 aliphatic heterocycles. The molecule has 6 nitrogen and oxygen atoms in total. The smallest absolute Gasteiger partial charge is 0.271 e. The highest BCUT2D eigenvalue weighted by Crippen LogP contribution is 2.14. The number of hydrogen-bond donors (Lipinski definition) is 2. The largest absolute Gasteiger partial charge is 0.383 e. The molecule has 1 amide bonds. The maximum absolute atomic E-state index is 12.1. The number of fused-ring (bicyclic) bond motifs is 1. The number of halogens is 1. The number of amides is 1. The van der Waals surface area contributed by atoms with E-state index < -0.39 is 0 Å². The first-order valence-corrected chi connectivity index (χ1v) is 7.59. The number of nitrogens with one attached hydrogen (secondary N) is 2. The third-order valence-corrected chi connectivity index (χ3v) is 3.74. The standard InChI is InChI=1S/C15H14BrN5O/c16-13-2-1-3-14-20-12(10-21(13)14)15(22)19-9-8-18-11-4-6-17-7-5-11/h1-7,10H,8-9H2,(H,17,18)(H,19,22). The Morgan fingerprint density at radius 2 is 2.00 bits per heavy atom. The maximum Gasteiger partial charge on any atom is 0.271 e. The Bertz CT molecular complexity index is 787. The Kier molecular flexibility index (Phi) is 4.34. The first kappa shape index (κ1) is 14.5. The molecule has 22 heavy (non-hydrogen) atoms. The number of pyridine rings is 2. The summed E-state index contributed by atoms with van der Waals surface area (Å²) < 4.78 is 2.68. The molecule has 3 aromatic heterocycles. The van der Waals surface area contributed by atoms with Crippen LogP contribution in [-0.4, -0.2) is 33.4 Å². The third-order valence-electron chi connectivity index (χ3n) is 3.10. The van der Waals surface area contributed by atoms with Crippen LogP contribution in [0.2, 0.25) is 0 Å². The summed E-state index contributed by atoms with van der Waals surface area (Å²) in [5.41, 5.74) is 2.10. The van der Waals surface area contributed by atoms with Crippen molar-refractivity contribution in [1.29, 1.82) is 0 Å². The molecule has 0 saturated carbocycles. The van der Waals surface area contributed by atoms with E-state index in [1.807, 2.05) is 34.7 Å². The van der Waals surface area contributed by atoms with Crippen LogP contribution >= 0.6 is 15.9 Å². The van der Waals surface area contributed by atoms with Crippen LogP contribution in [0.15, 0.2) is 53.5 Å². The van der Waals surface area contributed by atoms with Crippen LogP contribution in [0.25, 0.3) is 5.65 Å². The van der Waals surface area contributed by atoms with Gasteiger partial charge in [-0.25, -0.2) is 4.98 Å². The van der Waals surface area contributed by atoms with E-state index in [1.165, 1.54) is 0 Å². The average Bonchev–Trinajstić information content (AvgIpc) is 2.98. The lowest BCUT2D eigenvalue weighted by Gasteiger charge is -2.06. The van der Waals surface area contributed by atoms with E-state index in [0.29, 0.717) is 18.8 Å². The van der Waals surface area contributed by atoms with Crippen LogP contribution in [-0.2, 0) is 0 Å². The second-order valence-corrected chi connectivity index (χ2v) is 5.43. The molecule has 3 heterocycles. The van der Waals surface area contributed by atoms with Gasteiger partial charge in [-0.05, 0) is 40.2 Å². The van der Waals surface area contributed by atoms with Gasteiger partial charge in [-0.1, -0.05) is 6.07 Å². The summed E-state index contributed by atoms with van der Waals surface area (Å²) in [4.78, 5) is 20.3. The van der Waals surface area contributed by atoms with Gasteiger partial charge in [0, 0.05) is 37.4 Å². The summed E-state index contributed by atoms with van der Waals surface area (Å²) in [7, 11) is 0. The lowest BCUT2D eigenvalue weighted by molar-refractivity contribution is 0.0951. The molecule has 0 aromatic carbocycles. The molecule has 3 rings (SSSR count). The lowest BCUT2D eigenvalue weighted by atomic mass is 10.4. The van der Waals surface area contributed by atoms with Crippen molar-refractivity contribution in [2.45, 2.75) is 0 Å². The Morgan fingerprint density at radius 1 is 1.18 bits per heavy atom. The van der Waals surface area contributed by atoms with Gasteiger partial charge in [-0.2, -0.15) is 0 Å². The molecule has 0 saturated heterocycles. The summed E-state index contributed by atoms with van der Waals surface area (Å²) in [5.74, 6) is -0.188. The number of carbonyl (C=O) groups is 1. The molecular weight excluding hydrogens is 346 g/mol. The van der Waals surface area contributed by atoms with Gasteiger partial charge in [-0.15, -0.1) is 0 Å². The molecular formula is C15H14BrN5O. The zero-order chi connectivity index (χ0) is 15.4. The van der Waals surface area contributed by atoms with Crippen molar-refractivity contribution in [3.8, 4) is 0 Å².